The summed E-state index contributed by atoms with van der Waals surface area (Å²) in [4.78, 5) is 11.3. The minimum absolute atomic E-state index is 0.000515. The van der Waals surface area contributed by atoms with E-state index in [1.165, 1.54) is 6.92 Å². The molecule has 0 bridgehead atoms. The van der Waals surface area contributed by atoms with Crippen LogP contribution < -0.4 is 5.32 Å². The first-order valence-electron chi connectivity index (χ1n) is 5.40. The van der Waals surface area contributed by atoms with Crippen molar-refractivity contribution >= 4 is 17.5 Å². The van der Waals surface area contributed by atoms with Crippen molar-refractivity contribution in [1.82, 2.24) is 5.32 Å². The Morgan fingerprint density at radius 2 is 1.87 bits per heavy atom. The predicted molar refractivity (Wildman–Crippen MR) is 66.3 cm³/mol. The molecular formula is C11H23NO2S. The van der Waals surface area contributed by atoms with Gasteiger partial charge in [0.1, 0.15) is 5.78 Å². The zero-order valence-electron chi connectivity index (χ0n) is 10.3. The molecule has 90 valence electrons. The highest BCUT2D eigenvalue weighted by Gasteiger charge is 2.24. The Hall–Kier alpha value is -0.0600. The summed E-state index contributed by atoms with van der Waals surface area (Å²) in [5, 5.41) is 13.4. The number of aliphatic hydroxyl groups is 1. The molecule has 2 atom stereocenters. The third-order valence-electron chi connectivity index (χ3n) is 1.94. The van der Waals surface area contributed by atoms with Crippen molar-refractivity contribution in [2.24, 2.45) is 0 Å². The fourth-order valence-electron chi connectivity index (χ4n) is 1.25. The van der Waals surface area contributed by atoms with Gasteiger partial charge in [0.25, 0.3) is 0 Å². The van der Waals surface area contributed by atoms with Crippen LogP contribution in [0.3, 0.4) is 0 Å². The van der Waals surface area contributed by atoms with E-state index in [0.717, 1.165) is 0 Å². The molecule has 3 nitrogen and oxygen atoms in total. The molecule has 0 aliphatic heterocycles. The monoisotopic (exact) mass is 233 g/mol. The molecule has 0 aromatic carbocycles. The Morgan fingerprint density at radius 3 is 2.20 bits per heavy atom. The SMILES string of the molecule is CC(=O)C(NC(C)C)C(O)CSC(C)C. The molecule has 15 heavy (non-hydrogen) atoms. The molecule has 0 aliphatic rings. The normalized spacial score (nSPS) is 15.7. The third kappa shape index (κ3) is 6.93. The van der Waals surface area contributed by atoms with E-state index in [0.29, 0.717) is 11.0 Å². The summed E-state index contributed by atoms with van der Waals surface area (Å²) in [5.74, 6) is 0.599. The van der Waals surface area contributed by atoms with E-state index in [2.05, 4.69) is 19.2 Å². The van der Waals surface area contributed by atoms with Gasteiger partial charge in [-0.25, -0.2) is 0 Å². The van der Waals surface area contributed by atoms with Crippen molar-refractivity contribution in [2.75, 3.05) is 5.75 Å². The van der Waals surface area contributed by atoms with Crippen LogP contribution in [0.15, 0.2) is 0 Å². The van der Waals surface area contributed by atoms with Gasteiger partial charge in [-0.2, -0.15) is 11.8 Å². The van der Waals surface area contributed by atoms with Crippen LogP contribution in [0, 0.1) is 0 Å². The van der Waals surface area contributed by atoms with Crippen LogP contribution in [0.5, 0.6) is 0 Å². The highest BCUT2D eigenvalue weighted by atomic mass is 32.2. The molecular weight excluding hydrogens is 210 g/mol. The highest BCUT2D eigenvalue weighted by molar-refractivity contribution is 7.99. The lowest BCUT2D eigenvalue weighted by molar-refractivity contribution is -0.121. The maximum Gasteiger partial charge on any atom is 0.149 e. The zero-order valence-corrected chi connectivity index (χ0v) is 11.1. The van der Waals surface area contributed by atoms with Crippen molar-refractivity contribution in [3.63, 3.8) is 0 Å². The molecule has 0 saturated carbocycles. The van der Waals surface area contributed by atoms with Crippen LogP contribution in [0.25, 0.3) is 0 Å². The maximum atomic E-state index is 11.3. The Morgan fingerprint density at radius 1 is 1.33 bits per heavy atom. The van der Waals surface area contributed by atoms with Crippen LogP contribution in [0.2, 0.25) is 0 Å². The van der Waals surface area contributed by atoms with E-state index in [-0.39, 0.29) is 11.8 Å². The fourth-order valence-corrected chi connectivity index (χ4v) is 2.02. The van der Waals surface area contributed by atoms with Gasteiger partial charge in [0.15, 0.2) is 0 Å². The number of thioether (sulfide) groups is 1. The first kappa shape index (κ1) is 14.9. The van der Waals surface area contributed by atoms with E-state index in [4.69, 9.17) is 0 Å². The second kappa shape index (κ2) is 7.25. The van der Waals surface area contributed by atoms with Crippen molar-refractivity contribution in [1.29, 1.82) is 0 Å². The summed E-state index contributed by atoms with van der Waals surface area (Å²) in [6, 6.07) is -0.228. The van der Waals surface area contributed by atoms with Gasteiger partial charge in [0.2, 0.25) is 0 Å². The van der Waals surface area contributed by atoms with Crippen molar-refractivity contribution in [2.45, 2.75) is 58.1 Å². The molecule has 0 spiro atoms. The lowest BCUT2D eigenvalue weighted by Crippen LogP contribution is -2.49. The molecule has 0 heterocycles. The van der Waals surface area contributed by atoms with Crippen molar-refractivity contribution in [3.8, 4) is 0 Å². The number of carbonyl (C=O) groups is 1. The zero-order chi connectivity index (χ0) is 12.0. The number of nitrogens with one attached hydrogen (secondary N) is 1. The molecule has 2 unspecified atom stereocenters. The number of ketones is 1. The quantitative estimate of drug-likeness (QED) is 0.699. The molecule has 0 aromatic heterocycles. The molecule has 4 heteroatoms. The molecule has 0 saturated heterocycles. The number of aliphatic hydroxyl groups excluding tert-OH is 1. The van der Waals surface area contributed by atoms with E-state index in [1.807, 2.05) is 13.8 Å². The molecule has 2 N–H and O–H groups in total. The van der Waals surface area contributed by atoms with Gasteiger partial charge >= 0.3 is 0 Å². The summed E-state index contributed by atoms with van der Waals surface area (Å²) in [5.41, 5.74) is 0. The summed E-state index contributed by atoms with van der Waals surface area (Å²) in [6.07, 6.45) is -0.600. The van der Waals surface area contributed by atoms with Gasteiger partial charge in [-0.3, -0.25) is 4.79 Å². The highest BCUT2D eigenvalue weighted by Crippen LogP contribution is 2.13. The van der Waals surface area contributed by atoms with Gasteiger partial charge in [-0.05, 0) is 12.2 Å². The Bertz CT molecular complexity index is 195. The average Bonchev–Trinajstić information content (AvgIpc) is 2.09. The Kier molecular flexibility index (Phi) is 7.22. The van der Waals surface area contributed by atoms with Crippen LogP contribution in [-0.4, -0.2) is 40.1 Å². The second-order valence-corrected chi connectivity index (χ2v) is 5.97. The van der Waals surface area contributed by atoms with Crippen LogP contribution in [-0.2, 0) is 4.79 Å². The minimum atomic E-state index is -0.600. The number of hydrogen-bond acceptors (Lipinski definition) is 4. The van der Waals surface area contributed by atoms with Crippen molar-refractivity contribution in [3.05, 3.63) is 0 Å². The van der Waals surface area contributed by atoms with Gasteiger partial charge in [-0.15, -0.1) is 0 Å². The summed E-state index contributed by atoms with van der Waals surface area (Å²) in [7, 11) is 0. The standard InChI is InChI=1S/C11H23NO2S/c1-7(2)12-11(9(5)13)10(14)6-15-8(3)4/h7-8,10-12,14H,6H2,1-5H3. The minimum Gasteiger partial charge on any atom is -0.390 e. The average molecular weight is 233 g/mol. The molecule has 0 radical (unpaired) electrons. The van der Waals surface area contributed by atoms with Gasteiger partial charge in [0.05, 0.1) is 12.1 Å². The summed E-state index contributed by atoms with van der Waals surface area (Å²) < 4.78 is 0. The Balaban J connectivity index is 4.16. The number of hydrogen-bond donors (Lipinski definition) is 2. The largest absolute Gasteiger partial charge is 0.390 e. The number of carbonyl (C=O) groups excluding carboxylic acids is 1. The van der Waals surface area contributed by atoms with E-state index >= 15 is 0 Å². The molecule has 0 fully saturated rings. The molecule has 0 aromatic rings. The smallest absolute Gasteiger partial charge is 0.149 e. The lowest BCUT2D eigenvalue weighted by Gasteiger charge is -2.24. The number of Topliss-reactive ketones (excluding diaryl/α,β-unsaturated/α-hetero) is 1. The van der Waals surface area contributed by atoms with E-state index < -0.39 is 12.1 Å². The van der Waals surface area contributed by atoms with Crippen molar-refractivity contribution < 1.29 is 9.90 Å². The summed E-state index contributed by atoms with van der Waals surface area (Å²) in [6.45, 7) is 9.62. The lowest BCUT2D eigenvalue weighted by atomic mass is 10.1. The van der Waals surface area contributed by atoms with Crippen LogP contribution in [0.4, 0.5) is 0 Å². The van der Waals surface area contributed by atoms with Gasteiger partial charge < -0.3 is 10.4 Å². The number of rotatable bonds is 7. The molecule has 0 rings (SSSR count). The first-order chi connectivity index (χ1) is 6.84. The third-order valence-corrected chi connectivity index (χ3v) is 3.14. The van der Waals surface area contributed by atoms with E-state index in [1.54, 1.807) is 11.8 Å². The topological polar surface area (TPSA) is 49.3 Å². The molecule has 0 aliphatic carbocycles. The van der Waals surface area contributed by atoms with Gasteiger partial charge in [0, 0.05) is 11.8 Å². The summed E-state index contributed by atoms with van der Waals surface area (Å²) >= 11 is 1.67. The fraction of sp³-hybridized carbons (Fsp3) is 0.909. The first-order valence-corrected chi connectivity index (χ1v) is 6.45. The maximum absolute atomic E-state index is 11.3. The van der Waals surface area contributed by atoms with Crippen LogP contribution >= 0.6 is 11.8 Å². The van der Waals surface area contributed by atoms with E-state index in [9.17, 15) is 9.90 Å². The van der Waals surface area contributed by atoms with Crippen LogP contribution in [0.1, 0.15) is 34.6 Å². The predicted octanol–water partition coefficient (Wildman–Crippen LogP) is 1.44. The molecule has 0 amide bonds. The van der Waals surface area contributed by atoms with Gasteiger partial charge in [-0.1, -0.05) is 27.7 Å². The second-order valence-electron chi connectivity index (χ2n) is 4.36. The Labute approximate surface area is 97.0 Å².